The van der Waals surface area contributed by atoms with Gasteiger partial charge < -0.3 is 15.7 Å². The van der Waals surface area contributed by atoms with E-state index < -0.39 is 17.9 Å². The summed E-state index contributed by atoms with van der Waals surface area (Å²) in [6, 6.07) is 12.7. The van der Waals surface area contributed by atoms with Crippen molar-refractivity contribution in [2.75, 3.05) is 5.32 Å². The van der Waals surface area contributed by atoms with E-state index in [9.17, 15) is 14.4 Å². The molecule has 0 bridgehead atoms. The lowest BCUT2D eigenvalue weighted by Crippen LogP contribution is -2.38. The van der Waals surface area contributed by atoms with Crippen LogP contribution in [0.4, 0.5) is 5.69 Å². The van der Waals surface area contributed by atoms with E-state index in [0.717, 1.165) is 5.56 Å². The molecule has 0 aliphatic rings. The molecular weight excluding hydrogens is 332 g/mol. The molecule has 2 aromatic rings. The number of carbonyl (C=O) groups is 3. The van der Waals surface area contributed by atoms with Gasteiger partial charge in [0.15, 0.2) is 0 Å². The molecule has 26 heavy (non-hydrogen) atoms. The SMILES string of the molecule is CC(NC(=O)c1ccc(NC(=O)c2ccc(C(C)C)cc2)cc1)C(=O)O. The van der Waals surface area contributed by atoms with Gasteiger partial charge in [0.05, 0.1) is 0 Å². The molecule has 136 valence electrons. The number of carboxylic acids is 1. The molecule has 2 amide bonds. The van der Waals surface area contributed by atoms with Gasteiger partial charge in [-0.05, 0) is 54.8 Å². The van der Waals surface area contributed by atoms with Crippen LogP contribution < -0.4 is 10.6 Å². The lowest BCUT2D eigenvalue weighted by atomic mass is 10.0. The Morgan fingerprint density at radius 1 is 0.808 bits per heavy atom. The minimum absolute atomic E-state index is 0.239. The first-order valence-electron chi connectivity index (χ1n) is 8.33. The van der Waals surface area contributed by atoms with Crippen LogP contribution >= 0.6 is 0 Å². The summed E-state index contributed by atoms with van der Waals surface area (Å²) in [6.45, 7) is 5.56. The van der Waals surface area contributed by atoms with E-state index in [0.29, 0.717) is 22.7 Å². The van der Waals surface area contributed by atoms with Crippen LogP contribution in [0.25, 0.3) is 0 Å². The van der Waals surface area contributed by atoms with Crippen LogP contribution in [0.1, 0.15) is 53.0 Å². The molecule has 0 fully saturated rings. The third-order valence-corrected chi connectivity index (χ3v) is 3.96. The first-order chi connectivity index (χ1) is 12.3. The number of aliphatic carboxylic acids is 1. The zero-order chi connectivity index (χ0) is 19.3. The second kappa shape index (κ2) is 8.29. The van der Waals surface area contributed by atoms with Crippen molar-refractivity contribution in [1.29, 1.82) is 0 Å². The van der Waals surface area contributed by atoms with Crippen molar-refractivity contribution in [3.63, 3.8) is 0 Å². The van der Waals surface area contributed by atoms with E-state index in [2.05, 4.69) is 24.5 Å². The van der Waals surface area contributed by atoms with Gasteiger partial charge in [-0.1, -0.05) is 26.0 Å². The van der Waals surface area contributed by atoms with E-state index >= 15 is 0 Å². The van der Waals surface area contributed by atoms with Crippen molar-refractivity contribution in [2.24, 2.45) is 0 Å². The summed E-state index contributed by atoms with van der Waals surface area (Å²) in [5, 5.41) is 14.0. The Hall–Kier alpha value is -3.15. The summed E-state index contributed by atoms with van der Waals surface area (Å²) in [7, 11) is 0. The van der Waals surface area contributed by atoms with Crippen LogP contribution in [0.3, 0.4) is 0 Å². The summed E-state index contributed by atoms with van der Waals surface area (Å²) in [6.07, 6.45) is 0. The Balaban J connectivity index is 2.01. The van der Waals surface area contributed by atoms with Crippen LogP contribution in [-0.4, -0.2) is 28.9 Å². The number of anilines is 1. The van der Waals surface area contributed by atoms with Gasteiger partial charge in [0.1, 0.15) is 6.04 Å². The van der Waals surface area contributed by atoms with Crippen molar-refractivity contribution in [2.45, 2.75) is 32.7 Å². The molecule has 2 rings (SSSR count). The topological polar surface area (TPSA) is 95.5 Å². The van der Waals surface area contributed by atoms with E-state index in [1.165, 1.54) is 19.1 Å². The average molecular weight is 354 g/mol. The molecular formula is C20H22N2O4. The number of hydrogen-bond donors (Lipinski definition) is 3. The molecule has 0 aromatic heterocycles. The fourth-order valence-corrected chi connectivity index (χ4v) is 2.27. The normalized spacial score (nSPS) is 11.7. The fourth-order valence-electron chi connectivity index (χ4n) is 2.27. The molecule has 1 atom stereocenters. The van der Waals surface area contributed by atoms with Gasteiger partial charge in [0.2, 0.25) is 0 Å². The Labute approximate surface area is 152 Å². The first-order valence-corrected chi connectivity index (χ1v) is 8.33. The monoisotopic (exact) mass is 354 g/mol. The summed E-state index contributed by atoms with van der Waals surface area (Å²) in [4.78, 5) is 35.0. The Kier molecular flexibility index (Phi) is 6.11. The predicted octanol–water partition coefficient (Wildman–Crippen LogP) is 3.27. The summed E-state index contributed by atoms with van der Waals surface area (Å²) in [5.41, 5.74) is 2.57. The molecule has 3 N–H and O–H groups in total. The van der Waals surface area contributed by atoms with Crippen LogP contribution in [0, 0.1) is 0 Å². The van der Waals surface area contributed by atoms with Crippen LogP contribution in [0.5, 0.6) is 0 Å². The number of carboxylic acid groups (broad SMARTS) is 1. The van der Waals surface area contributed by atoms with Crippen molar-refractivity contribution in [3.8, 4) is 0 Å². The molecule has 6 nitrogen and oxygen atoms in total. The maximum Gasteiger partial charge on any atom is 0.325 e. The minimum atomic E-state index is -1.11. The van der Waals surface area contributed by atoms with E-state index in [1.54, 1.807) is 24.3 Å². The fraction of sp³-hybridized carbons (Fsp3) is 0.250. The van der Waals surface area contributed by atoms with Gasteiger partial charge in [0, 0.05) is 16.8 Å². The van der Waals surface area contributed by atoms with Gasteiger partial charge in [-0.3, -0.25) is 14.4 Å². The van der Waals surface area contributed by atoms with Crippen molar-refractivity contribution in [3.05, 3.63) is 65.2 Å². The first kappa shape index (κ1) is 19.2. The van der Waals surface area contributed by atoms with Gasteiger partial charge >= 0.3 is 5.97 Å². The average Bonchev–Trinajstić information content (AvgIpc) is 2.62. The zero-order valence-corrected chi connectivity index (χ0v) is 14.9. The molecule has 0 aliphatic heterocycles. The molecule has 0 spiro atoms. The summed E-state index contributed by atoms with van der Waals surface area (Å²) >= 11 is 0. The van der Waals surface area contributed by atoms with Crippen LogP contribution in [0.2, 0.25) is 0 Å². The maximum atomic E-state index is 12.3. The largest absolute Gasteiger partial charge is 0.480 e. The lowest BCUT2D eigenvalue weighted by molar-refractivity contribution is -0.138. The number of benzene rings is 2. The molecule has 0 aliphatic carbocycles. The molecule has 2 aromatic carbocycles. The number of amides is 2. The lowest BCUT2D eigenvalue weighted by Gasteiger charge is -2.10. The van der Waals surface area contributed by atoms with E-state index in [4.69, 9.17) is 5.11 Å². The highest BCUT2D eigenvalue weighted by Gasteiger charge is 2.15. The molecule has 0 saturated heterocycles. The third kappa shape index (κ3) is 4.92. The quantitative estimate of drug-likeness (QED) is 0.742. The number of nitrogens with one attached hydrogen (secondary N) is 2. The predicted molar refractivity (Wildman–Crippen MR) is 99.5 cm³/mol. The van der Waals surface area contributed by atoms with Gasteiger partial charge in [0.25, 0.3) is 11.8 Å². The second-order valence-electron chi connectivity index (χ2n) is 6.34. The Morgan fingerprint density at radius 3 is 1.81 bits per heavy atom. The van der Waals surface area contributed by atoms with Gasteiger partial charge in [-0.25, -0.2) is 0 Å². The molecule has 1 unspecified atom stereocenters. The molecule has 0 saturated carbocycles. The maximum absolute atomic E-state index is 12.3. The van der Waals surface area contributed by atoms with Gasteiger partial charge in [-0.15, -0.1) is 0 Å². The highest BCUT2D eigenvalue weighted by atomic mass is 16.4. The van der Waals surface area contributed by atoms with Crippen molar-refractivity contribution in [1.82, 2.24) is 5.32 Å². The van der Waals surface area contributed by atoms with Crippen molar-refractivity contribution >= 4 is 23.5 Å². The zero-order valence-electron chi connectivity index (χ0n) is 14.9. The van der Waals surface area contributed by atoms with Crippen LogP contribution in [-0.2, 0) is 4.79 Å². The third-order valence-electron chi connectivity index (χ3n) is 3.96. The van der Waals surface area contributed by atoms with Crippen LogP contribution in [0.15, 0.2) is 48.5 Å². The second-order valence-corrected chi connectivity index (χ2v) is 6.34. The molecule has 6 heteroatoms. The Morgan fingerprint density at radius 2 is 1.31 bits per heavy atom. The highest BCUT2D eigenvalue weighted by molar-refractivity contribution is 6.04. The highest BCUT2D eigenvalue weighted by Crippen LogP contribution is 2.16. The molecule has 0 radical (unpaired) electrons. The summed E-state index contributed by atoms with van der Waals surface area (Å²) in [5.74, 6) is -1.43. The Bertz CT molecular complexity index is 796. The minimum Gasteiger partial charge on any atom is -0.480 e. The van der Waals surface area contributed by atoms with E-state index in [1.807, 2.05) is 12.1 Å². The van der Waals surface area contributed by atoms with E-state index in [-0.39, 0.29) is 5.91 Å². The number of hydrogen-bond acceptors (Lipinski definition) is 3. The standard InChI is InChI=1S/C20H22N2O4/c1-12(2)14-4-6-15(7-5-14)19(24)22-17-10-8-16(9-11-17)18(23)21-13(3)20(25)26/h4-13H,1-3H3,(H,21,23)(H,22,24)(H,25,26). The van der Waals surface area contributed by atoms with Crippen molar-refractivity contribution < 1.29 is 19.5 Å². The summed E-state index contributed by atoms with van der Waals surface area (Å²) < 4.78 is 0. The number of rotatable bonds is 6. The smallest absolute Gasteiger partial charge is 0.325 e. The van der Waals surface area contributed by atoms with Gasteiger partial charge in [-0.2, -0.15) is 0 Å². The number of carbonyl (C=O) groups excluding carboxylic acids is 2. The molecule has 0 heterocycles.